The van der Waals surface area contributed by atoms with Crippen molar-refractivity contribution in [3.05, 3.63) is 59.7 Å². The number of carbonyl (C=O) groups is 4. The van der Waals surface area contributed by atoms with Gasteiger partial charge in [-0.2, -0.15) is 0 Å². The summed E-state index contributed by atoms with van der Waals surface area (Å²) in [7, 11) is 0. The van der Waals surface area contributed by atoms with Crippen molar-refractivity contribution in [2.75, 3.05) is 0 Å². The van der Waals surface area contributed by atoms with Gasteiger partial charge < -0.3 is 24.7 Å². The van der Waals surface area contributed by atoms with E-state index in [1.165, 1.54) is 12.1 Å². The molecule has 2 rings (SSSR count). The molecule has 2 aromatic carbocycles. The van der Waals surface area contributed by atoms with Crippen molar-refractivity contribution in [1.29, 1.82) is 0 Å². The smallest absolute Gasteiger partial charge is 0.338 e. The first-order valence-electron chi connectivity index (χ1n) is 12.2. The van der Waals surface area contributed by atoms with E-state index in [4.69, 9.17) is 24.7 Å². The van der Waals surface area contributed by atoms with E-state index in [0.29, 0.717) is 11.1 Å². The standard InChI is InChI=1S/C28H35NO8/c1-16(2)25(30)36-23-13-12-20(15-24(23)37-26(31)17(3)4)14-22(29)28(33)35-19(6)18(5)34-27(32)21-10-8-7-9-11-21/h7-13,15-19,22H,14,29H2,1-6H3/t18-,19+,22+/m1/s1. The highest BCUT2D eigenvalue weighted by Gasteiger charge is 2.25. The van der Waals surface area contributed by atoms with Crippen LogP contribution in [0.3, 0.4) is 0 Å². The third-order valence-corrected chi connectivity index (χ3v) is 5.40. The van der Waals surface area contributed by atoms with Gasteiger partial charge in [0.1, 0.15) is 18.2 Å². The average molecular weight is 514 g/mol. The Morgan fingerprint density at radius 3 is 1.81 bits per heavy atom. The molecule has 0 saturated heterocycles. The summed E-state index contributed by atoms with van der Waals surface area (Å²) in [5, 5.41) is 0. The summed E-state index contributed by atoms with van der Waals surface area (Å²) in [5.74, 6) is -2.84. The van der Waals surface area contributed by atoms with E-state index in [9.17, 15) is 19.2 Å². The molecule has 0 unspecified atom stereocenters. The SMILES string of the molecule is CC(C)C(=O)Oc1ccc(C[C@H](N)C(=O)O[C@@H](C)[C@@H](C)OC(=O)c2ccccc2)cc1OC(=O)C(C)C. The highest BCUT2D eigenvalue weighted by molar-refractivity contribution is 5.89. The Kier molecular flexibility index (Phi) is 10.8. The molecule has 0 fully saturated rings. The molecule has 9 heteroatoms. The molecule has 0 bridgehead atoms. The Bertz CT molecular complexity index is 1100. The molecule has 37 heavy (non-hydrogen) atoms. The predicted molar refractivity (Wildman–Crippen MR) is 136 cm³/mol. The van der Waals surface area contributed by atoms with Gasteiger partial charge in [-0.05, 0) is 50.1 Å². The fourth-order valence-corrected chi connectivity index (χ4v) is 2.91. The zero-order chi connectivity index (χ0) is 27.7. The summed E-state index contributed by atoms with van der Waals surface area (Å²) >= 11 is 0. The van der Waals surface area contributed by atoms with Gasteiger partial charge in [-0.15, -0.1) is 0 Å². The van der Waals surface area contributed by atoms with Gasteiger partial charge in [0.15, 0.2) is 11.5 Å². The Morgan fingerprint density at radius 2 is 1.24 bits per heavy atom. The average Bonchev–Trinajstić information content (AvgIpc) is 2.85. The normalized spacial score (nSPS) is 13.4. The summed E-state index contributed by atoms with van der Waals surface area (Å²) < 4.78 is 21.6. The van der Waals surface area contributed by atoms with Crippen LogP contribution >= 0.6 is 0 Å². The Hall–Kier alpha value is -3.72. The quantitative estimate of drug-likeness (QED) is 0.351. The predicted octanol–water partition coefficient (Wildman–Crippen LogP) is 3.86. The molecule has 0 radical (unpaired) electrons. The van der Waals surface area contributed by atoms with Gasteiger partial charge in [0.05, 0.1) is 17.4 Å². The van der Waals surface area contributed by atoms with Gasteiger partial charge in [-0.1, -0.05) is 52.0 Å². The fourth-order valence-electron chi connectivity index (χ4n) is 2.91. The number of carbonyl (C=O) groups excluding carboxylic acids is 4. The number of rotatable bonds is 11. The topological polar surface area (TPSA) is 131 Å². The highest BCUT2D eigenvalue weighted by Crippen LogP contribution is 2.30. The van der Waals surface area contributed by atoms with Crippen LogP contribution in [0.2, 0.25) is 0 Å². The summed E-state index contributed by atoms with van der Waals surface area (Å²) in [6.07, 6.45) is -1.39. The maximum absolute atomic E-state index is 12.6. The van der Waals surface area contributed by atoms with Crippen molar-refractivity contribution < 1.29 is 38.1 Å². The summed E-state index contributed by atoms with van der Waals surface area (Å²) in [6, 6.07) is 12.1. The van der Waals surface area contributed by atoms with E-state index in [2.05, 4.69) is 0 Å². The molecule has 2 aromatic rings. The van der Waals surface area contributed by atoms with E-state index >= 15 is 0 Å². The second kappa shape index (κ2) is 13.5. The van der Waals surface area contributed by atoms with Crippen molar-refractivity contribution in [3.63, 3.8) is 0 Å². The van der Waals surface area contributed by atoms with Crippen molar-refractivity contribution in [2.45, 2.75) is 66.2 Å². The highest BCUT2D eigenvalue weighted by atomic mass is 16.6. The van der Waals surface area contributed by atoms with Crippen LogP contribution in [-0.4, -0.2) is 42.1 Å². The molecule has 0 aliphatic heterocycles. The first-order valence-corrected chi connectivity index (χ1v) is 12.2. The lowest BCUT2D eigenvalue weighted by molar-refractivity contribution is -0.155. The fraction of sp³-hybridized carbons (Fsp3) is 0.429. The second-order valence-electron chi connectivity index (χ2n) is 9.36. The van der Waals surface area contributed by atoms with Crippen molar-refractivity contribution in [3.8, 4) is 11.5 Å². The molecule has 0 spiro atoms. The zero-order valence-corrected chi connectivity index (χ0v) is 22.1. The lowest BCUT2D eigenvalue weighted by atomic mass is 10.1. The molecule has 0 aliphatic carbocycles. The molecule has 200 valence electrons. The van der Waals surface area contributed by atoms with Crippen LogP contribution in [0, 0.1) is 11.8 Å². The molecular formula is C28H35NO8. The third kappa shape index (κ3) is 9.02. The lowest BCUT2D eigenvalue weighted by Crippen LogP contribution is -2.39. The van der Waals surface area contributed by atoms with Crippen LogP contribution < -0.4 is 15.2 Å². The number of hydrogen-bond donors (Lipinski definition) is 1. The van der Waals surface area contributed by atoms with Crippen LogP contribution in [-0.2, 0) is 30.3 Å². The van der Waals surface area contributed by atoms with E-state index in [1.54, 1.807) is 77.9 Å². The van der Waals surface area contributed by atoms with Crippen LogP contribution in [0.25, 0.3) is 0 Å². The van der Waals surface area contributed by atoms with E-state index in [1.807, 2.05) is 0 Å². The minimum Gasteiger partial charge on any atom is -0.458 e. The number of hydrogen-bond acceptors (Lipinski definition) is 9. The summed E-state index contributed by atoms with van der Waals surface area (Å²) in [6.45, 7) is 9.96. The first-order chi connectivity index (χ1) is 17.4. The van der Waals surface area contributed by atoms with Crippen LogP contribution in [0.5, 0.6) is 11.5 Å². The minimum atomic E-state index is -1.04. The summed E-state index contributed by atoms with van der Waals surface area (Å²) in [5.41, 5.74) is 7.03. The van der Waals surface area contributed by atoms with Gasteiger partial charge in [0.25, 0.3) is 0 Å². The number of benzene rings is 2. The van der Waals surface area contributed by atoms with Crippen molar-refractivity contribution >= 4 is 23.9 Å². The zero-order valence-electron chi connectivity index (χ0n) is 22.1. The van der Waals surface area contributed by atoms with Crippen LogP contribution in [0.1, 0.15) is 57.5 Å². The lowest BCUT2D eigenvalue weighted by Gasteiger charge is -2.22. The molecular weight excluding hydrogens is 478 g/mol. The maximum atomic E-state index is 12.6. The summed E-state index contributed by atoms with van der Waals surface area (Å²) in [4.78, 5) is 49.1. The van der Waals surface area contributed by atoms with Gasteiger partial charge >= 0.3 is 23.9 Å². The first kappa shape index (κ1) is 29.5. The Labute approximate surface area is 217 Å². The molecule has 2 N–H and O–H groups in total. The molecule has 0 aromatic heterocycles. The van der Waals surface area contributed by atoms with Crippen LogP contribution in [0.4, 0.5) is 0 Å². The molecule has 0 heterocycles. The van der Waals surface area contributed by atoms with E-state index in [0.717, 1.165) is 0 Å². The molecule has 9 nitrogen and oxygen atoms in total. The van der Waals surface area contributed by atoms with Gasteiger partial charge in [-0.25, -0.2) is 4.79 Å². The number of nitrogens with two attached hydrogens (primary N) is 1. The van der Waals surface area contributed by atoms with Crippen LogP contribution in [0.15, 0.2) is 48.5 Å². The van der Waals surface area contributed by atoms with Gasteiger partial charge in [0.2, 0.25) is 0 Å². The third-order valence-electron chi connectivity index (χ3n) is 5.40. The Balaban J connectivity index is 2.05. The van der Waals surface area contributed by atoms with Crippen molar-refractivity contribution in [1.82, 2.24) is 0 Å². The molecule has 0 saturated carbocycles. The molecule has 0 aliphatic rings. The maximum Gasteiger partial charge on any atom is 0.338 e. The number of ether oxygens (including phenoxy) is 4. The monoisotopic (exact) mass is 513 g/mol. The van der Waals surface area contributed by atoms with E-state index in [-0.39, 0.29) is 23.8 Å². The van der Waals surface area contributed by atoms with E-state index < -0.39 is 48.0 Å². The molecule has 0 amide bonds. The second-order valence-corrected chi connectivity index (χ2v) is 9.36. The van der Waals surface area contributed by atoms with Gasteiger partial charge in [-0.3, -0.25) is 14.4 Å². The van der Waals surface area contributed by atoms with Gasteiger partial charge in [0, 0.05) is 0 Å². The largest absolute Gasteiger partial charge is 0.458 e. The number of esters is 4. The minimum absolute atomic E-state index is 0.0561. The molecule has 3 atom stereocenters. The Morgan fingerprint density at radius 1 is 0.703 bits per heavy atom. The van der Waals surface area contributed by atoms with Crippen molar-refractivity contribution in [2.24, 2.45) is 17.6 Å².